The molecule has 3 rings (SSSR count). The highest BCUT2D eigenvalue weighted by Gasteiger charge is 2.19. The van der Waals surface area contributed by atoms with Crippen molar-refractivity contribution < 1.29 is 0 Å². The van der Waals surface area contributed by atoms with Crippen LogP contribution in [0, 0.1) is 0 Å². The van der Waals surface area contributed by atoms with Crippen LogP contribution >= 0.6 is 0 Å². The molecule has 0 aromatic heterocycles. The van der Waals surface area contributed by atoms with Gasteiger partial charge in [-0.3, -0.25) is 4.99 Å². The fourth-order valence-electron chi connectivity index (χ4n) is 3.97. The van der Waals surface area contributed by atoms with Crippen molar-refractivity contribution in [1.82, 2.24) is 0 Å². The highest BCUT2D eigenvalue weighted by atomic mass is 14.7. The molecule has 3 aromatic rings. The Labute approximate surface area is 173 Å². The van der Waals surface area contributed by atoms with E-state index >= 15 is 0 Å². The normalized spacial score (nSPS) is 13.5. The number of fused-ring (bicyclic) bond motifs is 2. The topological polar surface area (TPSA) is 38.4 Å². The molecule has 0 aliphatic rings. The molecule has 0 aliphatic carbocycles. The first-order chi connectivity index (χ1) is 14.1. The number of benzene rings is 3. The van der Waals surface area contributed by atoms with Gasteiger partial charge in [0.15, 0.2) is 0 Å². The molecule has 1 unspecified atom stereocenters. The van der Waals surface area contributed by atoms with Crippen molar-refractivity contribution in [2.24, 2.45) is 10.7 Å². The Balaban J connectivity index is 2.46. The van der Waals surface area contributed by atoms with Crippen LogP contribution in [0.4, 0.5) is 0 Å². The van der Waals surface area contributed by atoms with E-state index in [1.807, 2.05) is 19.2 Å². The molecule has 146 valence electrons. The third-order valence-corrected chi connectivity index (χ3v) is 5.25. The zero-order chi connectivity index (χ0) is 20.8. The largest absolute Gasteiger partial charge is 0.399 e. The second-order valence-corrected chi connectivity index (χ2v) is 7.03. The monoisotopic (exact) mass is 380 g/mol. The molecule has 0 radical (unpaired) electrons. The molecule has 1 atom stereocenters. The third kappa shape index (κ3) is 4.07. The molecule has 2 nitrogen and oxygen atoms in total. The van der Waals surface area contributed by atoms with E-state index in [0.29, 0.717) is 5.70 Å². The summed E-state index contributed by atoms with van der Waals surface area (Å²) >= 11 is 0. The average molecular weight is 381 g/mol. The number of hydrogen-bond acceptors (Lipinski definition) is 2. The van der Waals surface area contributed by atoms with Gasteiger partial charge in [-0.2, -0.15) is 0 Å². The Morgan fingerprint density at radius 2 is 1.59 bits per heavy atom. The second-order valence-electron chi connectivity index (χ2n) is 7.03. The van der Waals surface area contributed by atoms with Gasteiger partial charge in [0.2, 0.25) is 0 Å². The molecule has 2 heteroatoms. The van der Waals surface area contributed by atoms with Gasteiger partial charge in [0.05, 0.1) is 0 Å². The first kappa shape index (κ1) is 20.3. The molecule has 0 fully saturated rings. The molecule has 29 heavy (non-hydrogen) atoms. The number of rotatable bonds is 7. The summed E-state index contributed by atoms with van der Waals surface area (Å²) in [4.78, 5) is 4.29. The van der Waals surface area contributed by atoms with E-state index in [-0.39, 0.29) is 5.92 Å². The summed E-state index contributed by atoms with van der Waals surface area (Å²) in [6.07, 6.45) is 10.6. The van der Waals surface area contributed by atoms with Gasteiger partial charge >= 0.3 is 0 Å². The lowest BCUT2D eigenvalue weighted by Crippen LogP contribution is -2.01. The van der Waals surface area contributed by atoms with Gasteiger partial charge in [-0.25, -0.2) is 0 Å². The fourth-order valence-corrected chi connectivity index (χ4v) is 3.97. The van der Waals surface area contributed by atoms with Gasteiger partial charge in [0.25, 0.3) is 0 Å². The predicted molar refractivity (Wildman–Crippen MR) is 129 cm³/mol. The molecular formula is C27H28N2. The summed E-state index contributed by atoms with van der Waals surface area (Å²) in [5, 5.41) is 4.96. The highest BCUT2D eigenvalue weighted by Crippen LogP contribution is 2.41. The van der Waals surface area contributed by atoms with Crippen LogP contribution in [0.25, 0.3) is 27.1 Å². The van der Waals surface area contributed by atoms with Crippen LogP contribution in [0.5, 0.6) is 0 Å². The minimum Gasteiger partial charge on any atom is -0.399 e. The molecule has 0 heterocycles. The fraction of sp³-hybridized carbons (Fsp3) is 0.148. The van der Waals surface area contributed by atoms with Gasteiger partial charge in [0.1, 0.15) is 0 Å². The Kier molecular flexibility index (Phi) is 6.46. The van der Waals surface area contributed by atoms with Gasteiger partial charge in [-0.15, -0.1) is 0 Å². The van der Waals surface area contributed by atoms with Gasteiger partial charge < -0.3 is 5.73 Å². The van der Waals surface area contributed by atoms with Crippen LogP contribution < -0.4 is 5.73 Å². The first-order valence-corrected chi connectivity index (χ1v) is 9.99. The lowest BCUT2D eigenvalue weighted by Gasteiger charge is -2.21. The molecule has 0 bridgehead atoms. The molecular weight excluding hydrogens is 352 g/mol. The highest BCUT2D eigenvalue weighted by molar-refractivity contribution is 6.22. The molecule has 0 saturated carbocycles. The Bertz CT molecular complexity index is 1090. The van der Waals surface area contributed by atoms with Crippen molar-refractivity contribution in [2.75, 3.05) is 0 Å². The average Bonchev–Trinajstić information content (AvgIpc) is 2.74. The minimum absolute atomic E-state index is 0.245. The summed E-state index contributed by atoms with van der Waals surface area (Å²) in [5.74, 6) is 0.245. The maximum atomic E-state index is 5.82. The van der Waals surface area contributed by atoms with Crippen molar-refractivity contribution in [1.29, 1.82) is 0 Å². The Hall–Kier alpha value is -3.39. The van der Waals surface area contributed by atoms with Gasteiger partial charge in [0, 0.05) is 24.0 Å². The summed E-state index contributed by atoms with van der Waals surface area (Å²) in [6, 6.07) is 17.2. The van der Waals surface area contributed by atoms with Crippen molar-refractivity contribution >= 4 is 33.3 Å². The van der Waals surface area contributed by atoms with E-state index in [0.717, 1.165) is 12.0 Å². The molecule has 0 aliphatic heterocycles. The van der Waals surface area contributed by atoms with E-state index in [1.165, 1.54) is 32.7 Å². The van der Waals surface area contributed by atoms with E-state index in [1.54, 1.807) is 6.20 Å². The molecule has 0 saturated heterocycles. The Morgan fingerprint density at radius 1 is 1.03 bits per heavy atom. The van der Waals surface area contributed by atoms with Gasteiger partial charge in [-0.1, -0.05) is 80.8 Å². The van der Waals surface area contributed by atoms with Crippen molar-refractivity contribution in [3.05, 3.63) is 103 Å². The Morgan fingerprint density at radius 3 is 2.03 bits per heavy atom. The van der Waals surface area contributed by atoms with Crippen LogP contribution in [0.2, 0.25) is 0 Å². The zero-order valence-electron chi connectivity index (χ0n) is 17.2. The first-order valence-electron chi connectivity index (χ1n) is 9.99. The molecule has 0 amide bonds. The predicted octanol–water partition coefficient (Wildman–Crippen LogP) is 7.13. The zero-order valence-corrected chi connectivity index (χ0v) is 17.2. The molecule has 2 N–H and O–H groups in total. The maximum absolute atomic E-state index is 5.82. The van der Waals surface area contributed by atoms with Crippen LogP contribution in [-0.2, 0) is 0 Å². The van der Waals surface area contributed by atoms with E-state index in [4.69, 9.17) is 5.73 Å². The van der Waals surface area contributed by atoms with E-state index in [2.05, 4.69) is 85.8 Å². The van der Waals surface area contributed by atoms with Crippen molar-refractivity contribution in [3.8, 4) is 0 Å². The number of hydrogen-bond donors (Lipinski definition) is 1. The smallest absolute Gasteiger partial charge is 0.0343 e. The van der Waals surface area contributed by atoms with Crippen LogP contribution in [-0.4, -0.2) is 6.21 Å². The van der Waals surface area contributed by atoms with Crippen molar-refractivity contribution in [2.45, 2.75) is 26.2 Å². The number of nitrogens with two attached hydrogens (primary N) is 1. The second kappa shape index (κ2) is 9.20. The van der Waals surface area contributed by atoms with Crippen molar-refractivity contribution in [3.63, 3.8) is 0 Å². The third-order valence-electron chi connectivity index (χ3n) is 5.25. The SMILES string of the molecule is C=CN=C/C(=C\C)c1c2ccccc2c(C(/C=C\C(=C)N)CC)c2ccccc12. The minimum atomic E-state index is 0.245. The molecule has 3 aromatic carbocycles. The van der Waals surface area contributed by atoms with E-state index in [9.17, 15) is 0 Å². The number of nitrogens with zero attached hydrogens (tertiary/aromatic N) is 1. The van der Waals surface area contributed by atoms with Crippen LogP contribution in [0.1, 0.15) is 37.3 Å². The van der Waals surface area contributed by atoms with Crippen LogP contribution in [0.15, 0.2) is 96.8 Å². The summed E-state index contributed by atoms with van der Waals surface area (Å²) in [7, 11) is 0. The maximum Gasteiger partial charge on any atom is 0.0343 e. The number of allylic oxidation sites excluding steroid dienone is 4. The van der Waals surface area contributed by atoms with Gasteiger partial charge in [-0.05, 0) is 57.7 Å². The number of aliphatic imine (C=N–C) groups is 1. The summed E-state index contributed by atoms with van der Waals surface area (Å²) in [6.45, 7) is 11.8. The summed E-state index contributed by atoms with van der Waals surface area (Å²) < 4.78 is 0. The quantitative estimate of drug-likeness (QED) is 0.264. The lowest BCUT2D eigenvalue weighted by atomic mass is 9.82. The van der Waals surface area contributed by atoms with Crippen LogP contribution in [0.3, 0.4) is 0 Å². The standard InChI is InChI=1S/C27H28N2/c1-5-20(17-16-19(4)28)26-22-12-8-10-14-24(22)27(21(6-2)18-29-7-3)25-15-11-9-13-23(25)26/h6-18,20H,3-5,28H2,1-2H3/b17-16-,21-6+,29-18?. The lowest BCUT2D eigenvalue weighted by molar-refractivity contribution is 0.817. The van der Waals surface area contributed by atoms with E-state index < -0.39 is 0 Å². The molecule has 0 spiro atoms. The summed E-state index contributed by atoms with van der Waals surface area (Å²) in [5.41, 5.74) is 10.0.